The molecule has 6 heteroatoms. The summed E-state index contributed by atoms with van der Waals surface area (Å²) in [6, 6.07) is 24.4. The molecular formula is C26H26ClN3O2. The molecule has 1 fully saturated rings. The van der Waals surface area contributed by atoms with Gasteiger partial charge in [0.05, 0.1) is 11.3 Å². The summed E-state index contributed by atoms with van der Waals surface area (Å²) in [4.78, 5) is 28.1. The number of rotatable bonds is 6. The van der Waals surface area contributed by atoms with E-state index in [-0.39, 0.29) is 17.7 Å². The summed E-state index contributed by atoms with van der Waals surface area (Å²) in [5.74, 6) is -0.369. The monoisotopic (exact) mass is 447 g/mol. The van der Waals surface area contributed by atoms with E-state index in [4.69, 9.17) is 11.6 Å². The number of anilines is 2. The molecule has 1 aliphatic rings. The molecular weight excluding hydrogens is 422 g/mol. The summed E-state index contributed by atoms with van der Waals surface area (Å²) < 4.78 is 0. The van der Waals surface area contributed by atoms with E-state index in [0.717, 1.165) is 32.5 Å². The van der Waals surface area contributed by atoms with Gasteiger partial charge in [-0.1, -0.05) is 54.1 Å². The average molecular weight is 448 g/mol. The zero-order valence-corrected chi connectivity index (χ0v) is 18.5. The van der Waals surface area contributed by atoms with E-state index in [0.29, 0.717) is 22.0 Å². The Morgan fingerprint density at radius 3 is 2.22 bits per heavy atom. The summed E-state index contributed by atoms with van der Waals surface area (Å²) in [6.45, 7) is 2.67. The molecule has 0 bridgehead atoms. The van der Waals surface area contributed by atoms with Crippen LogP contribution in [-0.2, 0) is 11.3 Å². The van der Waals surface area contributed by atoms with Crippen molar-refractivity contribution in [3.8, 4) is 0 Å². The molecule has 0 saturated carbocycles. The highest BCUT2D eigenvalue weighted by molar-refractivity contribution is 6.30. The second-order valence-electron chi connectivity index (χ2n) is 8.03. The fraction of sp³-hybridized carbons (Fsp3) is 0.231. The molecule has 164 valence electrons. The molecule has 0 aromatic heterocycles. The van der Waals surface area contributed by atoms with Crippen LogP contribution in [0.25, 0.3) is 0 Å². The zero-order valence-electron chi connectivity index (χ0n) is 17.8. The van der Waals surface area contributed by atoms with E-state index in [1.807, 2.05) is 12.1 Å². The first-order valence-corrected chi connectivity index (χ1v) is 11.2. The SMILES string of the molecule is O=C(Nc1ccc(Cl)cc1)c1ccccc1NC(=O)C1CCN(Cc2ccccc2)CC1. The summed E-state index contributed by atoms with van der Waals surface area (Å²) in [5.41, 5.74) is 2.88. The maximum absolute atomic E-state index is 12.9. The Hall–Kier alpha value is -3.15. The van der Waals surface area contributed by atoms with Crippen LogP contribution in [0.3, 0.4) is 0 Å². The molecule has 0 radical (unpaired) electrons. The highest BCUT2D eigenvalue weighted by atomic mass is 35.5. The van der Waals surface area contributed by atoms with Gasteiger partial charge in [-0.3, -0.25) is 14.5 Å². The number of carbonyl (C=O) groups is 2. The number of hydrogen-bond donors (Lipinski definition) is 2. The molecule has 32 heavy (non-hydrogen) atoms. The molecule has 1 heterocycles. The van der Waals surface area contributed by atoms with Crippen LogP contribution in [0, 0.1) is 5.92 Å². The van der Waals surface area contributed by atoms with Crippen LogP contribution < -0.4 is 10.6 Å². The van der Waals surface area contributed by atoms with E-state index in [1.165, 1.54) is 5.56 Å². The summed E-state index contributed by atoms with van der Waals surface area (Å²) in [7, 11) is 0. The lowest BCUT2D eigenvalue weighted by atomic mass is 9.95. The van der Waals surface area contributed by atoms with Gasteiger partial charge < -0.3 is 10.6 Å². The van der Waals surface area contributed by atoms with Crippen LogP contribution in [0.5, 0.6) is 0 Å². The topological polar surface area (TPSA) is 61.4 Å². The molecule has 1 saturated heterocycles. The number of carbonyl (C=O) groups excluding carboxylic acids is 2. The standard InChI is InChI=1S/C26H26ClN3O2/c27-21-10-12-22(13-11-21)28-26(32)23-8-4-5-9-24(23)29-25(31)20-14-16-30(17-15-20)18-19-6-2-1-3-7-19/h1-13,20H,14-18H2,(H,28,32)(H,29,31). The lowest BCUT2D eigenvalue weighted by molar-refractivity contribution is -0.121. The van der Waals surface area contributed by atoms with E-state index >= 15 is 0 Å². The van der Waals surface area contributed by atoms with Gasteiger partial charge in [0, 0.05) is 23.2 Å². The van der Waals surface area contributed by atoms with Crippen molar-refractivity contribution in [1.82, 2.24) is 4.90 Å². The average Bonchev–Trinajstić information content (AvgIpc) is 2.82. The van der Waals surface area contributed by atoms with Crippen molar-refractivity contribution >= 4 is 34.8 Å². The first-order chi connectivity index (χ1) is 15.6. The predicted octanol–water partition coefficient (Wildman–Crippen LogP) is 5.44. The van der Waals surface area contributed by atoms with Gasteiger partial charge in [-0.05, 0) is 67.9 Å². The highest BCUT2D eigenvalue weighted by Gasteiger charge is 2.26. The molecule has 0 aliphatic carbocycles. The smallest absolute Gasteiger partial charge is 0.257 e. The molecule has 3 aromatic rings. The van der Waals surface area contributed by atoms with Gasteiger partial charge in [-0.15, -0.1) is 0 Å². The Bertz CT molecular complexity index is 1060. The van der Waals surface area contributed by atoms with Crippen molar-refractivity contribution in [1.29, 1.82) is 0 Å². The van der Waals surface area contributed by atoms with Gasteiger partial charge in [0.2, 0.25) is 5.91 Å². The van der Waals surface area contributed by atoms with Crippen molar-refractivity contribution in [3.05, 3.63) is 95.0 Å². The second-order valence-corrected chi connectivity index (χ2v) is 8.47. The predicted molar refractivity (Wildman–Crippen MR) is 129 cm³/mol. The largest absolute Gasteiger partial charge is 0.325 e. The van der Waals surface area contributed by atoms with Gasteiger partial charge in [-0.25, -0.2) is 0 Å². The number of amides is 2. The zero-order chi connectivity index (χ0) is 22.3. The first kappa shape index (κ1) is 22.1. The van der Waals surface area contributed by atoms with Gasteiger partial charge in [0.1, 0.15) is 0 Å². The summed E-state index contributed by atoms with van der Waals surface area (Å²) in [6.07, 6.45) is 1.61. The Kier molecular flexibility index (Phi) is 7.20. The maximum Gasteiger partial charge on any atom is 0.257 e. The minimum absolute atomic E-state index is 0.0314. The van der Waals surface area contributed by atoms with E-state index in [9.17, 15) is 9.59 Å². The first-order valence-electron chi connectivity index (χ1n) is 10.8. The molecule has 5 nitrogen and oxygen atoms in total. The third-order valence-electron chi connectivity index (χ3n) is 5.74. The molecule has 3 aromatic carbocycles. The second kappa shape index (κ2) is 10.4. The van der Waals surface area contributed by atoms with Crippen molar-refractivity contribution < 1.29 is 9.59 Å². The van der Waals surface area contributed by atoms with Crippen LogP contribution >= 0.6 is 11.6 Å². The highest BCUT2D eigenvalue weighted by Crippen LogP contribution is 2.23. The van der Waals surface area contributed by atoms with Crippen LogP contribution in [0.1, 0.15) is 28.8 Å². The van der Waals surface area contributed by atoms with Gasteiger partial charge in [0.15, 0.2) is 0 Å². The van der Waals surface area contributed by atoms with Crippen molar-refractivity contribution in [2.24, 2.45) is 5.92 Å². The van der Waals surface area contributed by atoms with Crippen LogP contribution in [0.2, 0.25) is 5.02 Å². The number of nitrogens with zero attached hydrogens (tertiary/aromatic N) is 1. The normalized spacial score (nSPS) is 14.7. The van der Waals surface area contributed by atoms with Gasteiger partial charge in [-0.2, -0.15) is 0 Å². The molecule has 0 atom stereocenters. The van der Waals surface area contributed by atoms with Crippen LogP contribution in [0.4, 0.5) is 11.4 Å². The van der Waals surface area contributed by atoms with Crippen molar-refractivity contribution in [3.63, 3.8) is 0 Å². The molecule has 4 rings (SSSR count). The Balaban J connectivity index is 1.34. The fourth-order valence-electron chi connectivity index (χ4n) is 3.95. The number of likely N-dealkylation sites (tertiary alicyclic amines) is 1. The molecule has 2 N–H and O–H groups in total. The fourth-order valence-corrected chi connectivity index (χ4v) is 4.08. The number of halogens is 1. The summed E-state index contributed by atoms with van der Waals surface area (Å²) in [5, 5.41) is 6.44. The molecule has 2 amide bonds. The third kappa shape index (κ3) is 5.75. The number of benzene rings is 3. The Morgan fingerprint density at radius 2 is 1.50 bits per heavy atom. The van der Waals surface area contributed by atoms with Gasteiger partial charge in [0.25, 0.3) is 5.91 Å². The van der Waals surface area contributed by atoms with Crippen LogP contribution in [-0.4, -0.2) is 29.8 Å². The van der Waals surface area contributed by atoms with E-state index in [1.54, 1.807) is 42.5 Å². The van der Waals surface area contributed by atoms with Crippen LogP contribution in [0.15, 0.2) is 78.9 Å². The van der Waals surface area contributed by atoms with E-state index < -0.39 is 0 Å². The number of para-hydroxylation sites is 1. The lowest BCUT2D eigenvalue weighted by Gasteiger charge is -2.31. The molecule has 0 spiro atoms. The van der Waals surface area contributed by atoms with E-state index in [2.05, 4.69) is 39.8 Å². The lowest BCUT2D eigenvalue weighted by Crippen LogP contribution is -2.38. The minimum atomic E-state index is -0.277. The van der Waals surface area contributed by atoms with Crippen molar-refractivity contribution in [2.45, 2.75) is 19.4 Å². The summed E-state index contributed by atoms with van der Waals surface area (Å²) >= 11 is 5.91. The maximum atomic E-state index is 12.9. The minimum Gasteiger partial charge on any atom is -0.325 e. The number of piperidine rings is 1. The molecule has 0 unspecified atom stereocenters. The van der Waals surface area contributed by atoms with Gasteiger partial charge >= 0.3 is 0 Å². The Morgan fingerprint density at radius 1 is 0.844 bits per heavy atom. The molecule has 1 aliphatic heterocycles. The number of nitrogens with one attached hydrogen (secondary N) is 2. The number of hydrogen-bond acceptors (Lipinski definition) is 3. The quantitative estimate of drug-likeness (QED) is 0.528. The van der Waals surface area contributed by atoms with Crippen molar-refractivity contribution in [2.75, 3.05) is 23.7 Å². The third-order valence-corrected chi connectivity index (χ3v) is 5.99. The Labute approximate surface area is 193 Å².